The predicted molar refractivity (Wildman–Crippen MR) is 141 cm³/mol. The van der Waals surface area contributed by atoms with E-state index in [4.69, 9.17) is 4.74 Å². The zero-order chi connectivity index (χ0) is 26.9. The van der Waals surface area contributed by atoms with Gasteiger partial charge >= 0.3 is 5.97 Å². The van der Waals surface area contributed by atoms with E-state index in [1.807, 2.05) is 54.7 Å². The van der Waals surface area contributed by atoms with Crippen LogP contribution in [0.5, 0.6) is 0 Å². The second kappa shape index (κ2) is 10.3. The first-order valence-electron chi connectivity index (χ1n) is 13.3. The van der Waals surface area contributed by atoms with Crippen LogP contribution in [-0.2, 0) is 38.4 Å². The van der Waals surface area contributed by atoms with Crippen molar-refractivity contribution >= 4 is 28.7 Å². The summed E-state index contributed by atoms with van der Waals surface area (Å²) < 4.78 is 6.83. The SMILES string of the molecule is C[N+]1(C)CCC(OC(=O)C(Cc2c[nH]c3ccccc23)NC(=O)C2(CC(=O)[O-])Cc3ccccc3C2)CC1. The number of likely N-dealkylation sites (tertiary alicyclic amines) is 1. The van der Waals surface area contributed by atoms with Gasteiger partial charge in [-0.1, -0.05) is 42.5 Å². The lowest BCUT2D eigenvalue weighted by Gasteiger charge is -2.37. The van der Waals surface area contributed by atoms with E-state index in [1.165, 1.54) is 0 Å². The van der Waals surface area contributed by atoms with Crippen molar-refractivity contribution in [3.8, 4) is 0 Å². The van der Waals surface area contributed by atoms with Gasteiger partial charge in [-0.3, -0.25) is 4.79 Å². The van der Waals surface area contributed by atoms with E-state index in [9.17, 15) is 19.5 Å². The summed E-state index contributed by atoms with van der Waals surface area (Å²) in [5.41, 5.74) is 2.50. The highest BCUT2D eigenvalue weighted by Gasteiger charge is 2.45. The highest BCUT2D eigenvalue weighted by atomic mass is 16.5. The molecular weight excluding hydrogens is 482 g/mol. The Morgan fingerprint density at radius 3 is 2.34 bits per heavy atom. The van der Waals surface area contributed by atoms with Crippen molar-refractivity contribution in [2.75, 3.05) is 27.2 Å². The fourth-order valence-corrected chi connectivity index (χ4v) is 5.97. The van der Waals surface area contributed by atoms with Crippen LogP contribution in [0.1, 0.15) is 36.0 Å². The topological polar surface area (TPSA) is 111 Å². The molecule has 2 N–H and O–H groups in total. The summed E-state index contributed by atoms with van der Waals surface area (Å²) in [6.07, 6.45) is 3.55. The number of quaternary nitrogens is 1. The maximum absolute atomic E-state index is 13.8. The monoisotopic (exact) mass is 517 g/mol. The van der Waals surface area contributed by atoms with Gasteiger partial charge in [0.05, 0.1) is 32.6 Å². The minimum absolute atomic E-state index is 0.205. The molecular formula is C30H35N3O5. The molecule has 1 unspecified atom stereocenters. The van der Waals surface area contributed by atoms with Crippen LogP contribution in [0, 0.1) is 5.41 Å². The summed E-state index contributed by atoms with van der Waals surface area (Å²) in [4.78, 5) is 42.4. The maximum atomic E-state index is 13.8. The van der Waals surface area contributed by atoms with Gasteiger partial charge in [0, 0.05) is 48.8 Å². The minimum atomic E-state index is -1.29. The van der Waals surface area contributed by atoms with Gasteiger partial charge in [-0.15, -0.1) is 0 Å². The maximum Gasteiger partial charge on any atom is 0.329 e. The molecule has 8 heteroatoms. The Kier molecular flexibility index (Phi) is 7.01. The van der Waals surface area contributed by atoms with E-state index in [0.29, 0.717) is 0 Å². The second-order valence-corrected chi connectivity index (χ2v) is 11.6. The number of piperidine rings is 1. The Hall–Kier alpha value is -3.65. The largest absolute Gasteiger partial charge is 0.550 e. The average Bonchev–Trinajstić information content (AvgIpc) is 3.46. The van der Waals surface area contributed by atoms with Gasteiger partial charge in [0.2, 0.25) is 5.91 Å². The first-order valence-corrected chi connectivity index (χ1v) is 13.3. The van der Waals surface area contributed by atoms with Crippen molar-refractivity contribution in [2.45, 2.75) is 50.7 Å². The number of carboxylic acid groups (broad SMARTS) is 1. The quantitative estimate of drug-likeness (QED) is 0.350. The van der Waals surface area contributed by atoms with E-state index in [1.54, 1.807) is 0 Å². The number of carbonyl (C=O) groups is 3. The van der Waals surface area contributed by atoms with Crippen LogP contribution in [0.25, 0.3) is 10.9 Å². The molecule has 1 aliphatic heterocycles. The highest BCUT2D eigenvalue weighted by Crippen LogP contribution is 2.40. The van der Waals surface area contributed by atoms with Gasteiger partial charge in [-0.2, -0.15) is 0 Å². The average molecular weight is 518 g/mol. The summed E-state index contributed by atoms with van der Waals surface area (Å²) in [6, 6.07) is 14.4. The van der Waals surface area contributed by atoms with Crippen LogP contribution in [-0.4, -0.2) is 66.6 Å². The lowest BCUT2D eigenvalue weighted by molar-refractivity contribution is -0.896. The summed E-state index contributed by atoms with van der Waals surface area (Å²) >= 11 is 0. The number of aliphatic carboxylic acids is 1. The van der Waals surface area contributed by atoms with Crippen molar-refractivity contribution in [1.29, 1.82) is 0 Å². The predicted octanol–water partition coefficient (Wildman–Crippen LogP) is 1.90. The Morgan fingerprint density at radius 1 is 1.05 bits per heavy atom. The third-order valence-corrected chi connectivity index (χ3v) is 8.22. The molecule has 2 aliphatic rings. The number of rotatable bonds is 8. The Labute approximate surface area is 222 Å². The molecule has 1 aromatic heterocycles. The van der Waals surface area contributed by atoms with E-state index < -0.39 is 35.7 Å². The normalized spacial score (nSPS) is 19.0. The lowest BCUT2D eigenvalue weighted by Crippen LogP contribution is -2.53. The lowest BCUT2D eigenvalue weighted by atomic mass is 9.80. The highest BCUT2D eigenvalue weighted by molar-refractivity contribution is 5.92. The summed E-state index contributed by atoms with van der Waals surface area (Å²) in [5, 5.41) is 15.7. The molecule has 1 saturated heterocycles. The number of hydrogen-bond acceptors (Lipinski definition) is 5. The number of nitrogens with zero attached hydrogens (tertiary/aromatic N) is 1. The van der Waals surface area contributed by atoms with Gasteiger partial charge in [0.1, 0.15) is 12.1 Å². The van der Waals surface area contributed by atoms with E-state index >= 15 is 0 Å². The van der Waals surface area contributed by atoms with Gasteiger partial charge in [0.15, 0.2) is 0 Å². The Bertz CT molecular complexity index is 1330. The summed E-state index contributed by atoms with van der Waals surface area (Å²) in [5.74, 6) is -2.23. The number of carboxylic acids is 1. The number of para-hydroxylation sites is 1. The fraction of sp³-hybridized carbons (Fsp3) is 0.433. The molecule has 5 rings (SSSR count). The van der Waals surface area contributed by atoms with Crippen molar-refractivity contribution in [1.82, 2.24) is 10.3 Å². The number of nitrogens with one attached hydrogen (secondary N) is 2. The first kappa shape index (κ1) is 26.0. The molecule has 200 valence electrons. The van der Waals surface area contributed by atoms with Crippen LogP contribution in [0.15, 0.2) is 54.7 Å². The Morgan fingerprint density at radius 2 is 1.68 bits per heavy atom. The molecule has 2 aromatic carbocycles. The number of aromatic amines is 1. The zero-order valence-corrected chi connectivity index (χ0v) is 22.0. The molecule has 1 atom stereocenters. The number of carbonyl (C=O) groups excluding carboxylic acids is 3. The van der Waals surface area contributed by atoms with Crippen LogP contribution in [0.2, 0.25) is 0 Å². The van der Waals surface area contributed by atoms with Crippen LogP contribution in [0.3, 0.4) is 0 Å². The third-order valence-electron chi connectivity index (χ3n) is 8.22. The van der Waals surface area contributed by atoms with E-state index in [2.05, 4.69) is 24.4 Å². The van der Waals surface area contributed by atoms with E-state index in [0.717, 1.165) is 58.0 Å². The number of esters is 1. The van der Waals surface area contributed by atoms with Crippen LogP contribution < -0.4 is 10.4 Å². The molecule has 2 heterocycles. The van der Waals surface area contributed by atoms with Crippen molar-refractivity contribution in [3.05, 3.63) is 71.4 Å². The summed E-state index contributed by atoms with van der Waals surface area (Å²) in [6.45, 7) is 1.81. The number of hydrogen-bond donors (Lipinski definition) is 2. The molecule has 8 nitrogen and oxygen atoms in total. The van der Waals surface area contributed by atoms with Gasteiger partial charge in [0.25, 0.3) is 0 Å². The number of ether oxygens (including phenoxy) is 1. The molecule has 0 radical (unpaired) electrons. The standard InChI is InChI=1S/C30H35N3O5/c1-33(2)13-11-23(12-14-33)38-28(36)26(15-22-19-31-25-10-6-5-9-24(22)25)32-29(37)30(18-27(34)35)16-20-7-3-4-8-21(20)17-30/h3-10,19,23,26,31H,11-18H2,1-2H3,(H-,32,34,35,37). The first-order chi connectivity index (χ1) is 18.1. The molecule has 1 fully saturated rings. The molecule has 0 saturated carbocycles. The summed E-state index contributed by atoms with van der Waals surface area (Å²) in [7, 11) is 4.32. The van der Waals surface area contributed by atoms with Crippen LogP contribution in [0.4, 0.5) is 0 Å². The molecule has 3 aromatic rings. The Balaban J connectivity index is 1.39. The smallest absolute Gasteiger partial charge is 0.329 e. The number of benzene rings is 2. The van der Waals surface area contributed by atoms with Crippen molar-refractivity contribution < 1.29 is 28.7 Å². The third kappa shape index (κ3) is 5.45. The number of amides is 1. The number of fused-ring (bicyclic) bond motifs is 2. The van der Waals surface area contributed by atoms with Crippen molar-refractivity contribution in [2.24, 2.45) is 5.41 Å². The molecule has 38 heavy (non-hydrogen) atoms. The molecule has 0 bridgehead atoms. The van der Waals surface area contributed by atoms with Gasteiger partial charge < -0.3 is 29.4 Å². The van der Waals surface area contributed by atoms with Gasteiger partial charge in [-0.05, 0) is 35.6 Å². The fourth-order valence-electron chi connectivity index (χ4n) is 5.97. The molecule has 0 spiro atoms. The van der Waals surface area contributed by atoms with Crippen molar-refractivity contribution in [3.63, 3.8) is 0 Å². The number of aromatic nitrogens is 1. The minimum Gasteiger partial charge on any atom is -0.550 e. The van der Waals surface area contributed by atoms with Crippen LogP contribution >= 0.6 is 0 Å². The van der Waals surface area contributed by atoms with E-state index in [-0.39, 0.29) is 25.4 Å². The molecule has 1 aliphatic carbocycles. The second-order valence-electron chi connectivity index (χ2n) is 11.6. The zero-order valence-electron chi connectivity index (χ0n) is 22.0. The molecule has 1 amide bonds. The number of H-pyrrole nitrogens is 1. The van der Waals surface area contributed by atoms with Gasteiger partial charge in [-0.25, -0.2) is 4.79 Å².